The molecule has 2 aromatic heterocycles. The largest absolute Gasteiger partial charge is 0.377 e. The summed E-state index contributed by atoms with van der Waals surface area (Å²) >= 11 is 0. The summed E-state index contributed by atoms with van der Waals surface area (Å²) in [6.45, 7) is 6.36. The number of H-pyrrole nitrogens is 1. The second kappa shape index (κ2) is 9.73. The predicted molar refractivity (Wildman–Crippen MR) is 127 cm³/mol. The lowest BCUT2D eigenvalue weighted by atomic mass is 10.1. The smallest absolute Gasteiger partial charge is 0.252 e. The van der Waals surface area contributed by atoms with E-state index in [1.54, 1.807) is 0 Å². The molecule has 1 aliphatic carbocycles. The highest BCUT2D eigenvalue weighted by molar-refractivity contribution is 5.79. The number of aromatic nitrogens is 5. The van der Waals surface area contributed by atoms with Crippen LogP contribution in [0.25, 0.3) is 10.9 Å². The lowest BCUT2D eigenvalue weighted by molar-refractivity contribution is 0.0484. The lowest BCUT2D eigenvalue weighted by Gasteiger charge is -2.32. The Bertz CT molecular complexity index is 1140. The number of tetrazole rings is 1. The van der Waals surface area contributed by atoms with Gasteiger partial charge in [-0.3, -0.25) is 9.69 Å². The minimum atomic E-state index is -0.0334. The summed E-state index contributed by atoms with van der Waals surface area (Å²) in [6.07, 6.45) is 7.90. The van der Waals surface area contributed by atoms with Crippen LogP contribution in [0.3, 0.4) is 0 Å². The standard InChI is InChI=1S/C25H34N6O2/c1-3-23(24-27-28-29-31(24)20-7-4-5-8-20)30(16-21-9-6-12-33-21)15-19-14-18-13-17(2)10-11-22(18)26-25(19)32/h10-11,13-14,20-21,23H,3-9,12,15-16H2,1-2H3,(H,26,32)/t21-,23-/m1/s1. The summed E-state index contributed by atoms with van der Waals surface area (Å²) in [5.74, 6) is 0.912. The third-order valence-electron chi connectivity index (χ3n) is 7.23. The first-order valence-corrected chi connectivity index (χ1v) is 12.4. The van der Waals surface area contributed by atoms with Gasteiger partial charge >= 0.3 is 0 Å². The topological polar surface area (TPSA) is 88.9 Å². The molecule has 1 aliphatic heterocycles. The Labute approximate surface area is 194 Å². The fourth-order valence-corrected chi connectivity index (χ4v) is 5.49. The summed E-state index contributed by atoms with van der Waals surface area (Å²) in [4.78, 5) is 18.4. The molecule has 1 aromatic carbocycles. The van der Waals surface area contributed by atoms with E-state index in [0.717, 1.165) is 67.5 Å². The predicted octanol–water partition coefficient (Wildman–Crippen LogP) is 4.07. The van der Waals surface area contributed by atoms with Gasteiger partial charge in [0.2, 0.25) is 0 Å². The van der Waals surface area contributed by atoms with Crippen LogP contribution in [0.4, 0.5) is 0 Å². The molecule has 0 bridgehead atoms. The molecule has 0 unspecified atom stereocenters. The maximum Gasteiger partial charge on any atom is 0.252 e. The van der Waals surface area contributed by atoms with Crippen molar-refractivity contribution in [3.05, 3.63) is 51.6 Å². The van der Waals surface area contributed by atoms with Crippen molar-refractivity contribution in [2.45, 2.75) is 83.5 Å². The van der Waals surface area contributed by atoms with E-state index in [2.05, 4.69) is 50.0 Å². The summed E-state index contributed by atoms with van der Waals surface area (Å²) in [5.41, 5.74) is 2.79. The number of hydrogen-bond acceptors (Lipinski definition) is 6. The number of aryl methyl sites for hydroxylation is 1. The van der Waals surface area contributed by atoms with Gasteiger partial charge in [0.25, 0.3) is 5.56 Å². The van der Waals surface area contributed by atoms with Crippen molar-refractivity contribution in [3.63, 3.8) is 0 Å². The van der Waals surface area contributed by atoms with E-state index in [9.17, 15) is 4.79 Å². The molecule has 1 saturated carbocycles. The van der Waals surface area contributed by atoms with Gasteiger partial charge in [-0.2, -0.15) is 0 Å². The molecule has 0 spiro atoms. The normalized spacial score (nSPS) is 20.3. The van der Waals surface area contributed by atoms with Crippen LogP contribution < -0.4 is 5.56 Å². The summed E-state index contributed by atoms with van der Waals surface area (Å²) in [6, 6.07) is 8.56. The van der Waals surface area contributed by atoms with Crippen LogP contribution in [0.2, 0.25) is 0 Å². The first-order chi connectivity index (χ1) is 16.1. The van der Waals surface area contributed by atoms with Crippen molar-refractivity contribution < 1.29 is 4.74 Å². The Morgan fingerprint density at radius 2 is 2.06 bits per heavy atom. The maximum absolute atomic E-state index is 13.0. The molecule has 1 N–H and O–H groups in total. The number of aromatic amines is 1. The number of nitrogens with zero attached hydrogens (tertiary/aromatic N) is 5. The van der Waals surface area contributed by atoms with Crippen LogP contribution in [0.5, 0.6) is 0 Å². The second-order valence-corrected chi connectivity index (χ2v) is 9.62. The van der Waals surface area contributed by atoms with Gasteiger partial charge in [-0.1, -0.05) is 31.4 Å². The summed E-state index contributed by atoms with van der Waals surface area (Å²) in [7, 11) is 0. The third-order valence-corrected chi connectivity index (χ3v) is 7.23. The number of nitrogens with one attached hydrogen (secondary N) is 1. The highest BCUT2D eigenvalue weighted by atomic mass is 16.5. The highest BCUT2D eigenvalue weighted by Gasteiger charge is 2.31. The maximum atomic E-state index is 13.0. The van der Waals surface area contributed by atoms with Crippen LogP contribution in [-0.4, -0.2) is 49.3 Å². The quantitative estimate of drug-likeness (QED) is 0.556. The van der Waals surface area contributed by atoms with Gasteiger partial charge in [0.05, 0.1) is 18.2 Å². The van der Waals surface area contributed by atoms with Crippen LogP contribution >= 0.6 is 0 Å². The number of rotatable bonds is 8. The van der Waals surface area contributed by atoms with E-state index in [0.29, 0.717) is 12.6 Å². The summed E-state index contributed by atoms with van der Waals surface area (Å²) in [5, 5.41) is 14.0. The molecule has 8 heteroatoms. The van der Waals surface area contributed by atoms with Gasteiger partial charge < -0.3 is 9.72 Å². The average molecular weight is 451 g/mol. The third kappa shape index (κ3) is 4.73. The molecule has 1 saturated heterocycles. The van der Waals surface area contributed by atoms with Crippen LogP contribution in [0, 0.1) is 6.92 Å². The SMILES string of the molecule is CC[C@H](c1nnnn1C1CCCC1)N(Cc1cc2cc(C)ccc2[nH]c1=O)C[C@H]1CCCO1. The van der Waals surface area contributed by atoms with Gasteiger partial charge in [0.15, 0.2) is 5.82 Å². The monoisotopic (exact) mass is 450 g/mol. The number of pyridine rings is 1. The molecule has 0 radical (unpaired) electrons. The molecule has 176 valence electrons. The first-order valence-electron chi connectivity index (χ1n) is 12.4. The highest BCUT2D eigenvalue weighted by Crippen LogP contribution is 2.33. The Kier molecular flexibility index (Phi) is 6.55. The average Bonchev–Trinajstić information content (AvgIpc) is 3.58. The number of benzene rings is 1. The van der Waals surface area contributed by atoms with Gasteiger partial charge in [-0.25, -0.2) is 4.68 Å². The minimum absolute atomic E-state index is 0.0254. The fraction of sp³-hybridized carbons (Fsp3) is 0.600. The molecule has 3 heterocycles. The Hall–Kier alpha value is -2.58. The zero-order valence-electron chi connectivity index (χ0n) is 19.7. The molecule has 2 aliphatic rings. The van der Waals surface area contributed by atoms with Crippen LogP contribution in [-0.2, 0) is 11.3 Å². The van der Waals surface area contributed by atoms with Crippen molar-refractivity contribution in [3.8, 4) is 0 Å². The minimum Gasteiger partial charge on any atom is -0.377 e. The summed E-state index contributed by atoms with van der Waals surface area (Å²) < 4.78 is 8.05. The van der Waals surface area contributed by atoms with Crippen molar-refractivity contribution >= 4 is 10.9 Å². The number of hydrogen-bond donors (Lipinski definition) is 1. The van der Waals surface area contributed by atoms with Gasteiger partial charge in [0.1, 0.15) is 0 Å². The molecule has 2 atom stereocenters. The van der Waals surface area contributed by atoms with Gasteiger partial charge in [0, 0.05) is 30.8 Å². The van der Waals surface area contributed by atoms with E-state index in [-0.39, 0.29) is 17.7 Å². The Morgan fingerprint density at radius 3 is 2.82 bits per heavy atom. The van der Waals surface area contributed by atoms with E-state index in [4.69, 9.17) is 4.74 Å². The van der Waals surface area contributed by atoms with Gasteiger partial charge in [-0.15, -0.1) is 5.10 Å². The van der Waals surface area contributed by atoms with E-state index >= 15 is 0 Å². The Balaban J connectivity index is 1.49. The van der Waals surface area contributed by atoms with Crippen LogP contribution in [0.15, 0.2) is 29.1 Å². The molecule has 2 fully saturated rings. The fourth-order valence-electron chi connectivity index (χ4n) is 5.49. The molecule has 0 amide bonds. The molecule has 5 rings (SSSR count). The Morgan fingerprint density at radius 1 is 1.21 bits per heavy atom. The van der Waals surface area contributed by atoms with Crippen molar-refractivity contribution in [2.24, 2.45) is 0 Å². The number of fused-ring (bicyclic) bond motifs is 1. The van der Waals surface area contributed by atoms with E-state index in [1.165, 1.54) is 18.4 Å². The molecule has 8 nitrogen and oxygen atoms in total. The number of ether oxygens (including phenoxy) is 1. The van der Waals surface area contributed by atoms with E-state index < -0.39 is 0 Å². The molecular weight excluding hydrogens is 416 g/mol. The van der Waals surface area contributed by atoms with E-state index in [1.807, 2.05) is 18.2 Å². The van der Waals surface area contributed by atoms with Crippen LogP contribution in [0.1, 0.15) is 80.9 Å². The van der Waals surface area contributed by atoms with Crippen molar-refractivity contribution in [2.75, 3.05) is 13.2 Å². The first kappa shape index (κ1) is 22.2. The van der Waals surface area contributed by atoms with Crippen molar-refractivity contribution in [1.29, 1.82) is 0 Å². The van der Waals surface area contributed by atoms with Gasteiger partial charge in [-0.05, 0) is 73.0 Å². The second-order valence-electron chi connectivity index (χ2n) is 9.62. The molecular formula is C25H34N6O2. The lowest BCUT2D eigenvalue weighted by Crippen LogP contribution is -2.38. The molecule has 3 aromatic rings. The van der Waals surface area contributed by atoms with Crippen molar-refractivity contribution in [1.82, 2.24) is 30.1 Å². The zero-order valence-corrected chi connectivity index (χ0v) is 19.7. The zero-order chi connectivity index (χ0) is 22.8. The molecule has 33 heavy (non-hydrogen) atoms.